The molecular formula is C16H26N2O2S. The average Bonchev–Trinajstić information content (AvgIpc) is 3.17. The summed E-state index contributed by atoms with van der Waals surface area (Å²) >= 11 is 1.69. The standard InChI is InChI=1S/C16H26N2O2S/c1-2-5-13(10-17)16(19)18(11-14-6-3-8-20-14)12-15-7-4-9-21-15/h4,7,9,13-14H,2-3,5-6,8,10-12,17H2,1H3. The van der Waals surface area contributed by atoms with Crippen LogP contribution in [-0.2, 0) is 16.1 Å². The summed E-state index contributed by atoms with van der Waals surface area (Å²) in [5.74, 6) is 0.125. The van der Waals surface area contributed by atoms with Crippen LogP contribution in [-0.4, -0.2) is 36.6 Å². The van der Waals surface area contributed by atoms with E-state index >= 15 is 0 Å². The molecule has 2 heterocycles. The Morgan fingerprint density at radius 2 is 2.48 bits per heavy atom. The van der Waals surface area contributed by atoms with Crippen LogP contribution < -0.4 is 5.73 Å². The minimum absolute atomic E-state index is 0.0589. The third kappa shape index (κ3) is 4.80. The van der Waals surface area contributed by atoms with Gasteiger partial charge in [-0.2, -0.15) is 0 Å². The van der Waals surface area contributed by atoms with E-state index in [1.807, 2.05) is 11.0 Å². The first kappa shape index (κ1) is 16.5. The first-order valence-electron chi connectivity index (χ1n) is 7.87. The van der Waals surface area contributed by atoms with Crippen molar-refractivity contribution in [3.63, 3.8) is 0 Å². The van der Waals surface area contributed by atoms with Crippen LogP contribution in [0.1, 0.15) is 37.5 Å². The summed E-state index contributed by atoms with van der Waals surface area (Å²) in [6.45, 7) is 4.72. The minimum Gasteiger partial charge on any atom is -0.376 e. The van der Waals surface area contributed by atoms with E-state index in [1.54, 1.807) is 11.3 Å². The summed E-state index contributed by atoms with van der Waals surface area (Å²) in [6, 6.07) is 4.11. The van der Waals surface area contributed by atoms with Crippen molar-refractivity contribution in [3.05, 3.63) is 22.4 Å². The number of amides is 1. The SMILES string of the molecule is CCCC(CN)C(=O)N(Cc1cccs1)CC1CCCO1. The Balaban J connectivity index is 2.03. The number of hydrogen-bond donors (Lipinski definition) is 1. The first-order chi connectivity index (χ1) is 10.2. The number of carbonyl (C=O) groups is 1. The third-order valence-corrected chi connectivity index (χ3v) is 4.82. The van der Waals surface area contributed by atoms with Gasteiger partial charge in [0, 0.05) is 24.6 Å². The highest BCUT2D eigenvalue weighted by molar-refractivity contribution is 7.09. The number of nitrogens with two attached hydrogens (primary N) is 1. The van der Waals surface area contributed by atoms with Gasteiger partial charge in [0.05, 0.1) is 18.6 Å². The molecule has 2 rings (SSSR count). The fraction of sp³-hybridized carbons (Fsp3) is 0.688. The highest BCUT2D eigenvalue weighted by atomic mass is 32.1. The monoisotopic (exact) mass is 310 g/mol. The van der Waals surface area contributed by atoms with Crippen molar-refractivity contribution < 1.29 is 9.53 Å². The molecule has 1 amide bonds. The molecule has 118 valence electrons. The molecule has 0 bridgehead atoms. The van der Waals surface area contributed by atoms with Gasteiger partial charge in [-0.3, -0.25) is 4.79 Å². The van der Waals surface area contributed by atoms with Crippen molar-refractivity contribution in [2.24, 2.45) is 11.7 Å². The smallest absolute Gasteiger partial charge is 0.227 e. The van der Waals surface area contributed by atoms with Gasteiger partial charge in [0.2, 0.25) is 5.91 Å². The number of ether oxygens (including phenoxy) is 1. The van der Waals surface area contributed by atoms with Gasteiger partial charge in [-0.25, -0.2) is 0 Å². The van der Waals surface area contributed by atoms with Crippen LogP contribution in [0.15, 0.2) is 17.5 Å². The Morgan fingerprint density at radius 1 is 1.62 bits per heavy atom. The Morgan fingerprint density at radius 3 is 3.05 bits per heavy atom. The molecule has 21 heavy (non-hydrogen) atoms. The van der Waals surface area contributed by atoms with Crippen LogP contribution in [0.4, 0.5) is 0 Å². The van der Waals surface area contributed by atoms with Crippen molar-refractivity contribution >= 4 is 17.2 Å². The maximum atomic E-state index is 12.8. The zero-order valence-corrected chi connectivity index (χ0v) is 13.6. The lowest BCUT2D eigenvalue weighted by Crippen LogP contribution is -2.42. The minimum atomic E-state index is -0.0589. The van der Waals surface area contributed by atoms with Crippen molar-refractivity contribution in [2.75, 3.05) is 19.7 Å². The van der Waals surface area contributed by atoms with Crippen LogP contribution in [0, 0.1) is 5.92 Å². The summed E-state index contributed by atoms with van der Waals surface area (Å²) < 4.78 is 5.70. The molecule has 1 aliphatic heterocycles. The molecular weight excluding hydrogens is 284 g/mol. The van der Waals surface area contributed by atoms with E-state index in [4.69, 9.17) is 10.5 Å². The van der Waals surface area contributed by atoms with Gasteiger partial charge in [0.1, 0.15) is 0 Å². The predicted octanol–water partition coefficient (Wildman–Crippen LogP) is 2.63. The Kier molecular flexibility index (Phi) is 6.67. The fourth-order valence-electron chi connectivity index (χ4n) is 2.81. The number of rotatable bonds is 8. The molecule has 0 aliphatic carbocycles. The number of hydrogen-bond acceptors (Lipinski definition) is 4. The third-order valence-electron chi connectivity index (χ3n) is 3.96. The summed E-state index contributed by atoms with van der Waals surface area (Å²) in [5.41, 5.74) is 5.80. The van der Waals surface area contributed by atoms with Gasteiger partial charge in [-0.05, 0) is 30.7 Å². The Labute approximate surface area is 131 Å². The van der Waals surface area contributed by atoms with E-state index in [9.17, 15) is 4.79 Å². The molecule has 1 aromatic rings. The Hall–Kier alpha value is -0.910. The van der Waals surface area contributed by atoms with E-state index in [1.165, 1.54) is 4.88 Å². The van der Waals surface area contributed by atoms with Gasteiger partial charge in [-0.15, -0.1) is 11.3 Å². The van der Waals surface area contributed by atoms with Crippen molar-refractivity contribution in [1.82, 2.24) is 4.90 Å². The zero-order valence-electron chi connectivity index (χ0n) is 12.8. The van der Waals surface area contributed by atoms with Crippen LogP contribution in [0.5, 0.6) is 0 Å². The largest absolute Gasteiger partial charge is 0.376 e. The van der Waals surface area contributed by atoms with Crippen LogP contribution >= 0.6 is 11.3 Å². The molecule has 0 saturated carbocycles. The van der Waals surface area contributed by atoms with Gasteiger partial charge >= 0.3 is 0 Å². The van der Waals surface area contributed by atoms with Gasteiger partial charge in [0.25, 0.3) is 0 Å². The second-order valence-electron chi connectivity index (χ2n) is 5.65. The quantitative estimate of drug-likeness (QED) is 0.803. The number of carbonyl (C=O) groups excluding carboxylic acids is 1. The van der Waals surface area contributed by atoms with Gasteiger partial charge in [0.15, 0.2) is 0 Å². The zero-order chi connectivity index (χ0) is 15.1. The topological polar surface area (TPSA) is 55.6 Å². The first-order valence-corrected chi connectivity index (χ1v) is 8.75. The normalized spacial score (nSPS) is 19.6. The van der Waals surface area contributed by atoms with Gasteiger partial charge in [-0.1, -0.05) is 19.4 Å². The molecule has 2 atom stereocenters. The molecule has 0 aromatic carbocycles. The van der Waals surface area contributed by atoms with Crippen molar-refractivity contribution in [1.29, 1.82) is 0 Å². The average molecular weight is 310 g/mol. The fourth-order valence-corrected chi connectivity index (χ4v) is 3.53. The molecule has 0 spiro atoms. The lowest BCUT2D eigenvalue weighted by Gasteiger charge is -2.28. The summed E-state index contributed by atoms with van der Waals surface area (Å²) in [7, 11) is 0. The lowest BCUT2D eigenvalue weighted by molar-refractivity contribution is -0.137. The van der Waals surface area contributed by atoms with E-state index in [2.05, 4.69) is 18.4 Å². The van der Waals surface area contributed by atoms with E-state index in [0.717, 1.165) is 32.3 Å². The van der Waals surface area contributed by atoms with Gasteiger partial charge < -0.3 is 15.4 Å². The highest BCUT2D eigenvalue weighted by Crippen LogP contribution is 2.20. The Bertz CT molecular complexity index is 416. The van der Waals surface area contributed by atoms with E-state index in [-0.39, 0.29) is 17.9 Å². The second kappa shape index (κ2) is 8.51. The second-order valence-corrected chi connectivity index (χ2v) is 6.69. The number of nitrogens with zero attached hydrogens (tertiary/aromatic N) is 1. The maximum Gasteiger partial charge on any atom is 0.227 e. The lowest BCUT2D eigenvalue weighted by atomic mass is 10.0. The number of thiophene rings is 1. The molecule has 1 aromatic heterocycles. The summed E-state index contributed by atoms with van der Waals surface area (Å²) in [6.07, 6.45) is 4.19. The summed E-state index contributed by atoms with van der Waals surface area (Å²) in [5, 5.41) is 2.05. The maximum absolute atomic E-state index is 12.8. The molecule has 2 unspecified atom stereocenters. The van der Waals surface area contributed by atoms with Crippen molar-refractivity contribution in [2.45, 2.75) is 45.3 Å². The van der Waals surface area contributed by atoms with E-state index in [0.29, 0.717) is 19.6 Å². The molecule has 2 N–H and O–H groups in total. The molecule has 5 heteroatoms. The summed E-state index contributed by atoms with van der Waals surface area (Å²) in [4.78, 5) is 15.9. The predicted molar refractivity (Wildman–Crippen MR) is 86.2 cm³/mol. The van der Waals surface area contributed by atoms with Crippen LogP contribution in [0.3, 0.4) is 0 Å². The van der Waals surface area contributed by atoms with Crippen LogP contribution in [0.25, 0.3) is 0 Å². The molecule has 1 fully saturated rings. The van der Waals surface area contributed by atoms with Crippen molar-refractivity contribution in [3.8, 4) is 0 Å². The molecule has 4 nitrogen and oxygen atoms in total. The molecule has 1 aliphatic rings. The molecule has 1 saturated heterocycles. The highest BCUT2D eigenvalue weighted by Gasteiger charge is 2.27. The van der Waals surface area contributed by atoms with E-state index < -0.39 is 0 Å². The van der Waals surface area contributed by atoms with Crippen LogP contribution in [0.2, 0.25) is 0 Å². The molecule has 0 radical (unpaired) electrons.